The zero-order chi connectivity index (χ0) is 26.3. The Labute approximate surface area is 217 Å². The summed E-state index contributed by atoms with van der Waals surface area (Å²) in [5.74, 6) is 0.898. The summed E-state index contributed by atoms with van der Waals surface area (Å²) in [5, 5.41) is 0. The number of anilines is 1. The van der Waals surface area contributed by atoms with Gasteiger partial charge in [0, 0.05) is 6.16 Å². The molecule has 10 heteroatoms. The first-order valence-corrected chi connectivity index (χ1v) is 14.3. The van der Waals surface area contributed by atoms with Crippen LogP contribution in [0.2, 0.25) is 0 Å². The molecule has 0 saturated carbocycles. The third-order valence-electron chi connectivity index (χ3n) is 5.97. The van der Waals surface area contributed by atoms with Crippen LogP contribution in [0, 0.1) is 12.8 Å². The van der Waals surface area contributed by atoms with Crippen LogP contribution in [0.3, 0.4) is 0 Å². The van der Waals surface area contributed by atoms with Gasteiger partial charge in [0.2, 0.25) is 0 Å². The molecular weight excluding hydrogens is 489 g/mol. The maximum absolute atomic E-state index is 14.0. The van der Waals surface area contributed by atoms with Crippen LogP contribution in [0.5, 0.6) is 5.75 Å². The van der Waals surface area contributed by atoms with Crippen molar-refractivity contribution in [3.05, 3.63) is 78.4 Å². The van der Waals surface area contributed by atoms with Gasteiger partial charge in [0.1, 0.15) is 23.9 Å². The predicted octanol–water partition coefficient (Wildman–Crippen LogP) is 5.29. The molecule has 0 radical (unpaired) electrons. The van der Waals surface area contributed by atoms with Crippen LogP contribution in [0.25, 0.3) is 11.2 Å². The topological polar surface area (TPSA) is 114 Å². The molecule has 0 aliphatic heterocycles. The van der Waals surface area contributed by atoms with E-state index >= 15 is 0 Å². The molecule has 196 valence electrons. The van der Waals surface area contributed by atoms with E-state index in [9.17, 15) is 4.57 Å². The third kappa shape index (κ3) is 7.38. The number of nitrogens with two attached hydrogens (primary N) is 1. The third-order valence-corrected chi connectivity index (χ3v) is 8.23. The molecule has 2 heterocycles. The van der Waals surface area contributed by atoms with Crippen molar-refractivity contribution in [3.63, 3.8) is 0 Å². The molecule has 0 fully saturated rings. The Balaban J connectivity index is 1.37. The van der Waals surface area contributed by atoms with E-state index < -0.39 is 7.37 Å². The number of nitrogen functional groups attached to an aromatic ring is 1. The molecule has 0 bridgehead atoms. The zero-order valence-corrected chi connectivity index (χ0v) is 22.4. The van der Waals surface area contributed by atoms with Crippen molar-refractivity contribution in [2.75, 3.05) is 24.9 Å². The fourth-order valence-electron chi connectivity index (χ4n) is 4.06. The number of para-hydroxylation sites is 1. The van der Waals surface area contributed by atoms with Gasteiger partial charge in [-0.05, 0) is 43.0 Å². The van der Waals surface area contributed by atoms with Crippen LogP contribution in [0.15, 0.2) is 67.3 Å². The smallest absolute Gasteiger partial charge is 0.273 e. The number of nitrogens with zero attached hydrogens (tertiary/aromatic N) is 4. The highest BCUT2D eigenvalue weighted by Crippen LogP contribution is 2.49. The van der Waals surface area contributed by atoms with Crippen LogP contribution < -0.4 is 10.3 Å². The lowest BCUT2D eigenvalue weighted by molar-refractivity contribution is 0.0803. The minimum atomic E-state index is -3.19. The highest BCUT2D eigenvalue weighted by Gasteiger charge is 2.29. The van der Waals surface area contributed by atoms with Crippen molar-refractivity contribution < 1.29 is 18.6 Å². The maximum Gasteiger partial charge on any atom is 0.273 e. The lowest BCUT2D eigenvalue weighted by Gasteiger charge is -2.24. The molecule has 3 atom stereocenters. The van der Waals surface area contributed by atoms with Gasteiger partial charge < -0.3 is 24.3 Å². The number of aryl methyl sites for hydroxylation is 1. The average molecular weight is 524 g/mol. The number of aromatic nitrogens is 4. The van der Waals surface area contributed by atoms with E-state index in [0.29, 0.717) is 48.7 Å². The number of hydrogen-bond donors (Lipinski definition) is 1. The van der Waals surface area contributed by atoms with Crippen molar-refractivity contribution in [2.24, 2.45) is 5.92 Å². The van der Waals surface area contributed by atoms with E-state index in [-0.39, 0.29) is 18.4 Å². The minimum absolute atomic E-state index is 0.00902. The molecule has 9 nitrogen and oxygen atoms in total. The molecule has 0 aliphatic rings. The lowest BCUT2D eigenvalue weighted by Crippen LogP contribution is -2.21. The van der Waals surface area contributed by atoms with Crippen LogP contribution in [-0.4, -0.2) is 44.7 Å². The SMILES string of the molecule is Cc1ccccc1COC[C@H](C)CP(=O)(CO[C@H](C)Cn1cnc2c(N)ncnc21)Oc1ccccc1. The summed E-state index contributed by atoms with van der Waals surface area (Å²) >= 11 is 0. The Morgan fingerprint density at radius 1 is 1.03 bits per heavy atom. The second kappa shape index (κ2) is 12.3. The second-order valence-corrected chi connectivity index (χ2v) is 11.8. The van der Waals surface area contributed by atoms with Gasteiger partial charge in [-0.25, -0.2) is 15.0 Å². The predicted molar refractivity (Wildman–Crippen MR) is 145 cm³/mol. The van der Waals surface area contributed by atoms with Gasteiger partial charge in [0.05, 0.1) is 32.2 Å². The number of rotatable bonds is 13. The number of fused-ring (bicyclic) bond motifs is 1. The first-order chi connectivity index (χ1) is 17.8. The van der Waals surface area contributed by atoms with E-state index in [1.807, 2.05) is 48.7 Å². The Kier molecular flexibility index (Phi) is 8.92. The van der Waals surface area contributed by atoms with Gasteiger partial charge in [0.15, 0.2) is 11.5 Å². The molecule has 0 amide bonds. The van der Waals surface area contributed by atoms with Gasteiger partial charge >= 0.3 is 0 Å². The van der Waals surface area contributed by atoms with Crippen molar-refractivity contribution in [3.8, 4) is 5.75 Å². The summed E-state index contributed by atoms with van der Waals surface area (Å²) in [4.78, 5) is 12.5. The highest BCUT2D eigenvalue weighted by molar-refractivity contribution is 7.59. The molecule has 1 unspecified atom stereocenters. The summed E-state index contributed by atoms with van der Waals surface area (Å²) in [6.07, 6.45) is 3.11. The molecule has 4 rings (SSSR count). The zero-order valence-electron chi connectivity index (χ0n) is 21.5. The van der Waals surface area contributed by atoms with Crippen LogP contribution in [0.4, 0.5) is 5.82 Å². The van der Waals surface area contributed by atoms with Crippen molar-refractivity contribution >= 4 is 24.4 Å². The van der Waals surface area contributed by atoms with Crippen LogP contribution in [-0.2, 0) is 27.2 Å². The fourth-order valence-corrected chi connectivity index (χ4v) is 6.34. The fraction of sp³-hybridized carbons (Fsp3) is 0.370. The molecule has 2 aromatic heterocycles. The van der Waals surface area contributed by atoms with E-state index in [1.165, 1.54) is 11.9 Å². The lowest BCUT2D eigenvalue weighted by atomic mass is 10.1. The minimum Gasteiger partial charge on any atom is -0.441 e. The first kappa shape index (κ1) is 26.8. The second-order valence-electron chi connectivity index (χ2n) is 9.38. The Bertz CT molecular complexity index is 1350. The Morgan fingerprint density at radius 3 is 2.57 bits per heavy atom. The molecule has 2 aromatic carbocycles. The molecule has 37 heavy (non-hydrogen) atoms. The largest absolute Gasteiger partial charge is 0.441 e. The summed E-state index contributed by atoms with van der Waals surface area (Å²) < 4.78 is 33.9. The summed E-state index contributed by atoms with van der Waals surface area (Å²) in [5.41, 5.74) is 9.41. The van der Waals surface area contributed by atoms with Crippen molar-refractivity contribution in [2.45, 2.75) is 40.0 Å². The molecule has 2 N–H and O–H groups in total. The van der Waals surface area contributed by atoms with E-state index in [0.717, 1.165) is 5.56 Å². The maximum atomic E-state index is 14.0. The Hall–Kier alpha value is -3.26. The molecule has 4 aromatic rings. The molecular formula is C27H34N5O4P. The van der Waals surface area contributed by atoms with E-state index in [1.54, 1.807) is 18.5 Å². The standard InChI is InChI=1S/C27H34N5O4P/c1-20(14-34-15-23-10-8-7-9-21(23)2)16-37(33,36-24-11-5-4-6-12-24)19-35-22(3)13-32-18-31-25-26(28)29-17-30-27(25)32/h4-12,17-18,20,22H,13-16,19H2,1-3H3,(H2,28,29,30)/t20-,22+,37?/m0/s1. The van der Waals surface area contributed by atoms with E-state index in [2.05, 4.69) is 34.0 Å². The highest BCUT2D eigenvalue weighted by atomic mass is 31.2. The summed E-state index contributed by atoms with van der Waals surface area (Å²) in [6.45, 7) is 7.45. The quantitative estimate of drug-likeness (QED) is 0.235. The molecule has 0 saturated heterocycles. The first-order valence-electron chi connectivity index (χ1n) is 12.3. The number of hydrogen-bond acceptors (Lipinski definition) is 8. The van der Waals surface area contributed by atoms with Gasteiger partial charge in [-0.3, -0.25) is 4.57 Å². The van der Waals surface area contributed by atoms with Crippen LogP contribution in [0.1, 0.15) is 25.0 Å². The van der Waals surface area contributed by atoms with Crippen molar-refractivity contribution in [1.29, 1.82) is 0 Å². The van der Waals surface area contributed by atoms with Crippen LogP contribution >= 0.6 is 7.37 Å². The average Bonchev–Trinajstić information content (AvgIpc) is 3.28. The number of benzene rings is 2. The summed E-state index contributed by atoms with van der Waals surface area (Å²) in [7, 11) is -3.19. The normalized spacial score (nSPS) is 14.8. The van der Waals surface area contributed by atoms with Gasteiger partial charge in [-0.15, -0.1) is 0 Å². The van der Waals surface area contributed by atoms with Gasteiger partial charge in [-0.2, -0.15) is 0 Å². The Morgan fingerprint density at radius 2 is 1.78 bits per heavy atom. The van der Waals surface area contributed by atoms with Crippen molar-refractivity contribution in [1.82, 2.24) is 19.5 Å². The number of imidazole rings is 1. The molecule has 0 spiro atoms. The number of ether oxygens (including phenoxy) is 2. The summed E-state index contributed by atoms with van der Waals surface area (Å²) in [6, 6.07) is 17.4. The van der Waals surface area contributed by atoms with Gasteiger partial charge in [-0.1, -0.05) is 49.4 Å². The van der Waals surface area contributed by atoms with Gasteiger partial charge in [0.25, 0.3) is 7.37 Å². The van der Waals surface area contributed by atoms with E-state index in [4.69, 9.17) is 19.7 Å². The molecule has 0 aliphatic carbocycles. The monoisotopic (exact) mass is 523 g/mol.